The summed E-state index contributed by atoms with van der Waals surface area (Å²) < 4.78 is 65.4. The monoisotopic (exact) mass is 526 g/mol. The van der Waals surface area contributed by atoms with E-state index in [1.165, 1.54) is 6.07 Å². The number of aliphatic hydroxyl groups is 1. The van der Waals surface area contributed by atoms with Gasteiger partial charge in [-0.15, -0.1) is 6.42 Å². The Morgan fingerprint density at radius 1 is 1.29 bits per heavy atom. The van der Waals surface area contributed by atoms with Gasteiger partial charge in [0, 0.05) is 6.20 Å². The second-order valence-electron chi connectivity index (χ2n) is 5.80. The van der Waals surface area contributed by atoms with Crippen molar-refractivity contribution in [1.29, 1.82) is 0 Å². The van der Waals surface area contributed by atoms with Crippen LogP contribution >= 0.6 is 35.7 Å². The quantitative estimate of drug-likeness (QED) is 0.147. The molecule has 31 heavy (non-hydrogen) atoms. The molecular weight excluding hydrogens is 512 g/mol. The van der Waals surface area contributed by atoms with Crippen molar-refractivity contribution in [3.05, 3.63) is 27.4 Å². The number of alkyl halides is 1. The van der Waals surface area contributed by atoms with Crippen molar-refractivity contribution in [2.75, 3.05) is 6.61 Å². The molecule has 1 aromatic heterocycles. The average Bonchev–Trinajstić information content (AvgIpc) is 2.82. The lowest BCUT2D eigenvalue weighted by molar-refractivity contribution is -0.0744. The SMILES string of the molecule is C#CC1(O)[C@@H](F)[C@@H](COP(=O)(O)OP(=O)(O)OP(=O)(O)O)O[C@H]1n1ccc(=S)[nH]c1=O. The molecule has 1 saturated heterocycles. The van der Waals surface area contributed by atoms with Gasteiger partial charge in [0.1, 0.15) is 10.7 Å². The molecule has 174 valence electrons. The van der Waals surface area contributed by atoms with Crippen LogP contribution in [0.2, 0.25) is 0 Å². The summed E-state index contributed by atoms with van der Waals surface area (Å²) in [4.78, 5) is 49.6. The van der Waals surface area contributed by atoms with E-state index >= 15 is 0 Å². The summed E-state index contributed by atoms with van der Waals surface area (Å²) in [6, 6.07) is 1.20. The largest absolute Gasteiger partial charge is 0.490 e. The smallest absolute Gasteiger partial charge is 0.371 e. The zero-order valence-corrected chi connectivity index (χ0v) is 18.2. The lowest BCUT2D eigenvalue weighted by atomic mass is 9.96. The van der Waals surface area contributed by atoms with Gasteiger partial charge in [-0.1, -0.05) is 18.1 Å². The molecule has 0 radical (unpaired) electrons. The van der Waals surface area contributed by atoms with Crippen LogP contribution in [0.15, 0.2) is 17.1 Å². The van der Waals surface area contributed by atoms with Gasteiger partial charge in [-0.05, 0) is 6.07 Å². The van der Waals surface area contributed by atoms with Crippen molar-refractivity contribution in [3.8, 4) is 12.3 Å². The summed E-state index contributed by atoms with van der Waals surface area (Å²) >= 11 is 4.74. The molecule has 15 nitrogen and oxygen atoms in total. The van der Waals surface area contributed by atoms with Gasteiger partial charge >= 0.3 is 29.2 Å². The number of terminal acetylenes is 1. The molecule has 6 atom stereocenters. The van der Waals surface area contributed by atoms with Crippen molar-refractivity contribution < 1.29 is 60.6 Å². The van der Waals surface area contributed by atoms with Crippen LogP contribution in [0.1, 0.15) is 6.23 Å². The van der Waals surface area contributed by atoms with E-state index in [1.54, 1.807) is 5.92 Å². The highest BCUT2D eigenvalue weighted by Gasteiger charge is 2.57. The van der Waals surface area contributed by atoms with Crippen LogP contribution in [0.3, 0.4) is 0 Å². The highest BCUT2D eigenvalue weighted by atomic mass is 32.1. The van der Waals surface area contributed by atoms with Crippen molar-refractivity contribution in [1.82, 2.24) is 9.55 Å². The highest BCUT2D eigenvalue weighted by molar-refractivity contribution is 7.71. The van der Waals surface area contributed by atoms with E-state index < -0.39 is 59.9 Å². The van der Waals surface area contributed by atoms with Crippen LogP contribution in [0.25, 0.3) is 0 Å². The summed E-state index contributed by atoms with van der Waals surface area (Å²) in [6.07, 6.45) is -0.0769. The number of rotatable bonds is 8. The number of H-pyrrole nitrogens is 1. The Balaban J connectivity index is 2.19. The molecule has 3 unspecified atom stereocenters. The van der Waals surface area contributed by atoms with Gasteiger partial charge in [-0.3, -0.25) is 14.1 Å². The molecule has 0 bridgehead atoms. The van der Waals surface area contributed by atoms with Crippen molar-refractivity contribution in [3.63, 3.8) is 0 Å². The van der Waals surface area contributed by atoms with Crippen LogP contribution in [0, 0.1) is 17.0 Å². The molecule has 0 spiro atoms. The molecule has 0 saturated carbocycles. The summed E-state index contributed by atoms with van der Waals surface area (Å²) in [6.45, 7) is -1.23. The number of nitrogens with zero attached hydrogens (tertiary/aromatic N) is 1. The molecule has 1 aliphatic rings. The molecule has 6 N–H and O–H groups in total. The number of phosphoric acid groups is 3. The van der Waals surface area contributed by atoms with E-state index in [4.69, 9.17) is 38.1 Å². The second kappa shape index (κ2) is 9.05. The Kier molecular flexibility index (Phi) is 7.64. The number of hydrogen-bond donors (Lipinski definition) is 6. The molecule has 2 rings (SSSR count). The average molecular weight is 526 g/mol. The number of phosphoric ester groups is 1. The second-order valence-corrected chi connectivity index (χ2v) is 10.7. The van der Waals surface area contributed by atoms with Gasteiger partial charge in [0.2, 0.25) is 5.60 Å². The number of ether oxygens (including phenoxy) is 1. The maximum absolute atomic E-state index is 14.7. The molecule has 20 heteroatoms. The molecule has 0 aromatic carbocycles. The van der Waals surface area contributed by atoms with E-state index in [0.29, 0.717) is 4.57 Å². The first-order valence-corrected chi connectivity index (χ1v) is 12.5. The summed E-state index contributed by atoms with van der Waals surface area (Å²) in [7, 11) is -17.0. The van der Waals surface area contributed by atoms with Gasteiger partial charge in [0.25, 0.3) is 0 Å². The first kappa shape index (κ1) is 26.2. The number of aromatic nitrogens is 2. The molecule has 1 aromatic rings. The summed E-state index contributed by atoms with van der Waals surface area (Å²) in [5, 5.41) is 10.4. The summed E-state index contributed by atoms with van der Waals surface area (Å²) in [5.41, 5.74) is -3.70. The lowest BCUT2D eigenvalue weighted by Gasteiger charge is -2.25. The first-order chi connectivity index (χ1) is 14.0. The molecule has 0 aliphatic carbocycles. The third-order valence-electron chi connectivity index (χ3n) is 3.58. The highest BCUT2D eigenvalue weighted by Crippen LogP contribution is 2.66. The minimum absolute atomic E-state index is 0.00417. The minimum Gasteiger partial charge on any atom is -0.371 e. The van der Waals surface area contributed by atoms with Gasteiger partial charge in [0.15, 0.2) is 12.4 Å². The van der Waals surface area contributed by atoms with E-state index in [2.05, 4.69) is 18.1 Å². The molecule has 1 fully saturated rings. The molecular formula is C11H14FN2O13P3S. The normalized spacial score (nSPS) is 30.3. The maximum atomic E-state index is 14.7. The Morgan fingerprint density at radius 3 is 2.42 bits per heavy atom. The lowest BCUT2D eigenvalue weighted by Crippen LogP contribution is -2.45. The zero-order chi connectivity index (χ0) is 23.8. The van der Waals surface area contributed by atoms with Gasteiger partial charge in [-0.2, -0.15) is 8.62 Å². The Hall–Kier alpha value is -1.08. The fourth-order valence-corrected chi connectivity index (χ4v) is 5.57. The third-order valence-corrected chi connectivity index (χ3v) is 7.62. The van der Waals surface area contributed by atoms with E-state index in [-0.39, 0.29) is 4.64 Å². The Labute approximate surface area is 176 Å². The van der Waals surface area contributed by atoms with Crippen LogP contribution in [-0.4, -0.2) is 58.7 Å². The number of aromatic amines is 1. The zero-order valence-electron chi connectivity index (χ0n) is 14.7. The maximum Gasteiger partial charge on any atom is 0.490 e. The fraction of sp³-hybridized carbons (Fsp3) is 0.455. The van der Waals surface area contributed by atoms with E-state index in [0.717, 1.165) is 6.20 Å². The van der Waals surface area contributed by atoms with Crippen molar-refractivity contribution in [2.24, 2.45) is 0 Å². The van der Waals surface area contributed by atoms with Gasteiger partial charge in [-0.25, -0.2) is 22.9 Å². The molecule has 0 amide bonds. The van der Waals surface area contributed by atoms with Crippen LogP contribution in [-0.2, 0) is 31.6 Å². The third kappa shape index (κ3) is 6.47. The topological polar surface area (TPSA) is 227 Å². The standard InChI is InChI=1S/C11H14FN2O13P3S/c1-2-11(16)8(12)6(25-9(11)14-4-3-7(31)13-10(14)15)5-24-29(20,21)27-30(22,23)26-28(17,18)19/h1,3-4,6,8-9,16H,5H2,(H,20,21)(H,22,23)(H,13,15,31)(H2,17,18,19)/t6-,8+,9-,11?/m1/s1. The Morgan fingerprint density at radius 2 is 1.90 bits per heavy atom. The predicted octanol–water partition coefficient (Wildman–Crippen LogP) is -0.151. The van der Waals surface area contributed by atoms with Gasteiger partial charge in [0.05, 0.1) is 6.61 Å². The van der Waals surface area contributed by atoms with Crippen molar-refractivity contribution >= 4 is 35.7 Å². The molecule has 2 heterocycles. The number of hydrogen-bond acceptors (Lipinski definition) is 10. The van der Waals surface area contributed by atoms with E-state index in [1.807, 2.05) is 0 Å². The predicted molar refractivity (Wildman–Crippen MR) is 98.3 cm³/mol. The molecule has 1 aliphatic heterocycles. The minimum atomic E-state index is -5.79. The summed E-state index contributed by atoms with van der Waals surface area (Å²) in [5.74, 6) is 1.72. The first-order valence-electron chi connectivity index (χ1n) is 7.59. The van der Waals surface area contributed by atoms with Crippen LogP contribution in [0.4, 0.5) is 4.39 Å². The van der Waals surface area contributed by atoms with Crippen LogP contribution < -0.4 is 5.69 Å². The Bertz CT molecular complexity index is 1140. The van der Waals surface area contributed by atoms with E-state index in [9.17, 15) is 32.9 Å². The van der Waals surface area contributed by atoms with Gasteiger partial charge < -0.3 is 29.4 Å². The number of nitrogens with one attached hydrogen (secondary N) is 1. The fourth-order valence-electron chi connectivity index (χ4n) is 2.39. The number of halogens is 1. The van der Waals surface area contributed by atoms with Crippen molar-refractivity contribution in [2.45, 2.75) is 24.1 Å². The van der Waals surface area contributed by atoms with Crippen LogP contribution in [0.5, 0.6) is 0 Å².